The van der Waals surface area contributed by atoms with E-state index in [2.05, 4.69) is 65.6 Å². The zero-order valence-corrected chi connectivity index (χ0v) is 15.7. The molecular formula is C12H32N2O4P2. The Morgan fingerprint density at radius 1 is 0.800 bits per heavy atom. The molecule has 0 spiro atoms. The zero-order chi connectivity index (χ0) is 16.5. The third-order valence-corrected chi connectivity index (χ3v) is 4.35. The lowest BCUT2D eigenvalue weighted by Crippen LogP contribution is -2.34. The van der Waals surface area contributed by atoms with Crippen LogP contribution in [0.3, 0.4) is 0 Å². The van der Waals surface area contributed by atoms with Gasteiger partial charge in [-0.1, -0.05) is 0 Å². The van der Waals surface area contributed by atoms with Crippen LogP contribution in [0.15, 0.2) is 0 Å². The minimum Gasteiger partial charge on any atom is -0.338 e. The van der Waals surface area contributed by atoms with E-state index in [0.29, 0.717) is 12.1 Å². The van der Waals surface area contributed by atoms with Gasteiger partial charge in [-0.15, -0.1) is 0 Å². The summed E-state index contributed by atoms with van der Waals surface area (Å²) in [6, 6.07) is 0.868. The Hall–Kier alpha value is 0.620. The highest BCUT2D eigenvalue weighted by molar-refractivity contribution is 7.44. The van der Waals surface area contributed by atoms with Crippen molar-refractivity contribution in [3.8, 4) is 0 Å². The van der Waals surface area contributed by atoms with Gasteiger partial charge in [0.15, 0.2) is 0 Å². The van der Waals surface area contributed by atoms with Crippen molar-refractivity contribution in [3.63, 3.8) is 0 Å². The Morgan fingerprint density at radius 3 is 1.20 bits per heavy atom. The van der Waals surface area contributed by atoms with Gasteiger partial charge in [-0.3, -0.25) is 5.50 Å². The summed E-state index contributed by atoms with van der Waals surface area (Å²) in [4.78, 5) is 14.9. The quantitative estimate of drug-likeness (QED) is 0.621. The first-order valence-corrected chi connectivity index (χ1v) is 9.28. The maximum Gasteiger partial charge on any atom is 0.259 e. The van der Waals surface area contributed by atoms with Gasteiger partial charge in [0.25, 0.3) is 8.53 Å². The van der Waals surface area contributed by atoms with Gasteiger partial charge in [0, 0.05) is 12.1 Å². The molecule has 0 atom stereocenters. The van der Waals surface area contributed by atoms with E-state index < -0.39 is 17.1 Å². The molecule has 0 heterocycles. The first-order chi connectivity index (χ1) is 8.98. The Bertz CT molecular complexity index is 209. The van der Waals surface area contributed by atoms with Gasteiger partial charge in [0.2, 0.25) is 8.53 Å². The van der Waals surface area contributed by atoms with E-state index in [1.165, 1.54) is 0 Å². The fourth-order valence-electron chi connectivity index (χ4n) is 1.47. The van der Waals surface area contributed by atoms with Crippen LogP contribution < -0.4 is 5.50 Å². The summed E-state index contributed by atoms with van der Waals surface area (Å²) in [5.74, 6) is 0. The fourth-order valence-corrected chi connectivity index (χ4v) is 3.21. The number of nitrogens with two attached hydrogens (primary N) is 1. The minimum absolute atomic E-state index is 0.199. The molecule has 0 radical (unpaired) electrons. The van der Waals surface area contributed by atoms with E-state index in [9.17, 15) is 0 Å². The van der Waals surface area contributed by atoms with Crippen LogP contribution in [-0.2, 0) is 9.05 Å². The van der Waals surface area contributed by atoms with Crippen molar-refractivity contribution in [2.24, 2.45) is 5.50 Å². The van der Waals surface area contributed by atoms with E-state index in [0.717, 1.165) is 0 Å². The van der Waals surface area contributed by atoms with Crippen LogP contribution in [0.25, 0.3) is 0 Å². The fraction of sp³-hybridized carbons (Fsp3) is 1.00. The van der Waals surface area contributed by atoms with Crippen LogP contribution in [0.2, 0.25) is 0 Å². The summed E-state index contributed by atoms with van der Waals surface area (Å²) in [6.07, 6.45) is 0.398. The van der Waals surface area contributed by atoms with E-state index in [4.69, 9.17) is 18.8 Å². The van der Waals surface area contributed by atoms with Crippen molar-refractivity contribution in [3.05, 3.63) is 0 Å². The van der Waals surface area contributed by atoms with Crippen molar-refractivity contribution >= 4 is 17.1 Å². The summed E-state index contributed by atoms with van der Waals surface area (Å²) in [6.45, 7) is 16.9. The maximum atomic E-state index is 7.45. The molecule has 0 aliphatic carbocycles. The number of hydrogen-bond donors (Lipinski definition) is 3. The Kier molecular flexibility index (Phi) is 14.0. The van der Waals surface area contributed by atoms with Crippen LogP contribution in [0.4, 0.5) is 0 Å². The zero-order valence-electron chi connectivity index (χ0n) is 13.9. The third-order valence-electron chi connectivity index (χ3n) is 1.85. The van der Waals surface area contributed by atoms with Crippen molar-refractivity contribution in [1.29, 1.82) is 0 Å². The van der Waals surface area contributed by atoms with Gasteiger partial charge < -0.3 is 18.8 Å². The third kappa shape index (κ3) is 13.6. The molecule has 0 rings (SSSR count). The molecule has 0 saturated heterocycles. The molecule has 6 nitrogen and oxygen atoms in total. The van der Waals surface area contributed by atoms with Gasteiger partial charge in [0.05, 0.1) is 12.2 Å². The normalized spacial score (nSPS) is 12.3. The molecule has 8 heteroatoms. The van der Waals surface area contributed by atoms with Gasteiger partial charge in [-0.2, -0.15) is 0 Å². The topological polar surface area (TPSA) is 88.2 Å². The smallest absolute Gasteiger partial charge is 0.259 e. The molecule has 0 aromatic rings. The molecular weight excluding hydrogens is 298 g/mol. The van der Waals surface area contributed by atoms with E-state index in [1.54, 1.807) is 0 Å². The highest BCUT2D eigenvalue weighted by Crippen LogP contribution is 2.47. The van der Waals surface area contributed by atoms with E-state index in [1.807, 2.05) is 0 Å². The molecule has 0 fully saturated rings. The molecule has 0 bridgehead atoms. The van der Waals surface area contributed by atoms with Crippen LogP contribution in [0.5, 0.6) is 0 Å². The average Bonchev–Trinajstić information content (AvgIpc) is 2.11. The lowest BCUT2D eigenvalue weighted by Gasteiger charge is -2.37. The van der Waals surface area contributed by atoms with Crippen LogP contribution in [0, 0.1) is 0 Å². The number of rotatable bonds is 7. The number of hydrogen-bond acceptors (Lipinski definition) is 6. The Balaban J connectivity index is 0. The molecule has 0 unspecified atom stereocenters. The lowest BCUT2D eigenvalue weighted by molar-refractivity contribution is 0.126. The molecule has 20 heavy (non-hydrogen) atoms. The van der Waals surface area contributed by atoms with Crippen molar-refractivity contribution in [2.75, 3.05) is 0 Å². The molecule has 0 aromatic heterocycles. The highest BCUT2D eigenvalue weighted by Gasteiger charge is 2.28. The van der Waals surface area contributed by atoms with Gasteiger partial charge >= 0.3 is 0 Å². The summed E-state index contributed by atoms with van der Waals surface area (Å²) >= 11 is 0. The highest BCUT2D eigenvalue weighted by atomic mass is 31.2. The van der Waals surface area contributed by atoms with Crippen LogP contribution in [0.1, 0.15) is 55.4 Å². The molecule has 0 aromatic carbocycles. The SMILES string of the molecule is CC(C)OP(OC(C)C)N(C(C)C)C(C)C.NP(O)O. The minimum atomic E-state index is -2.12. The molecule has 4 N–H and O–H groups in total. The van der Waals surface area contributed by atoms with E-state index in [-0.39, 0.29) is 12.2 Å². The average molecular weight is 330 g/mol. The Labute approximate surface area is 126 Å². The van der Waals surface area contributed by atoms with Crippen LogP contribution in [-0.4, -0.2) is 38.7 Å². The molecule has 0 aliphatic rings. The first-order valence-electron chi connectivity index (χ1n) is 6.83. The predicted molar refractivity (Wildman–Crippen MR) is 87.0 cm³/mol. The second-order valence-electron chi connectivity index (χ2n) is 5.43. The van der Waals surface area contributed by atoms with Crippen LogP contribution >= 0.6 is 17.1 Å². The summed E-state index contributed by atoms with van der Waals surface area (Å²) in [5.41, 5.74) is 4.29. The predicted octanol–water partition coefficient (Wildman–Crippen LogP) is 3.34. The maximum absolute atomic E-state index is 7.45. The van der Waals surface area contributed by atoms with Crippen molar-refractivity contribution < 1.29 is 18.8 Å². The van der Waals surface area contributed by atoms with Crippen molar-refractivity contribution in [2.45, 2.75) is 79.7 Å². The largest absolute Gasteiger partial charge is 0.338 e. The van der Waals surface area contributed by atoms with Gasteiger partial charge in [-0.05, 0) is 55.4 Å². The summed E-state index contributed by atoms with van der Waals surface area (Å²) < 4.78 is 14.1. The second-order valence-corrected chi connectivity index (χ2v) is 7.43. The van der Waals surface area contributed by atoms with Crippen molar-refractivity contribution in [1.82, 2.24) is 4.67 Å². The first kappa shape index (κ1) is 22.9. The Morgan fingerprint density at radius 2 is 1.05 bits per heavy atom. The second kappa shape index (κ2) is 12.2. The molecule has 0 amide bonds. The monoisotopic (exact) mass is 330 g/mol. The molecule has 0 saturated carbocycles. The summed E-state index contributed by atoms with van der Waals surface area (Å²) in [5, 5.41) is 0. The summed E-state index contributed by atoms with van der Waals surface area (Å²) in [7, 11) is -3.07. The number of nitrogens with zero attached hydrogens (tertiary/aromatic N) is 1. The lowest BCUT2D eigenvalue weighted by atomic mass is 10.3. The molecule has 124 valence electrons. The molecule has 0 aliphatic heterocycles. The van der Waals surface area contributed by atoms with Gasteiger partial charge in [0.1, 0.15) is 0 Å². The van der Waals surface area contributed by atoms with Gasteiger partial charge in [-0.25, -0.2) is 4.67 Å². The van der Waals surface area contributed by atoms with E-state index >= 15 is 0 Å². The standard InChI is InChI=1S/C12H28NO2P.H4NO2P/c1-9(2)13(10(3)4)16(14-11(5)6)15-12(7)8;1-4(2)3/h9-12H,1-8H3;2-3H,1H2.